The summed E-state index contributed by atoms with van der Waals surface area (Å²) in [7, 11) is 0. The number of rotatable bonds is 4. The summed E-state index contributed by atoms with van der Waals surface area (Å²) in [6, 6.07) is 6.61. The summed E-state index contributed by atoms with van der Waals surface area (Å²) in [5.41, 5.74) is 0.891. The van der Waals surface area contributed by atoms with Crippen LogP contribution in [0, 0.1) is 5.82 Å². The fraction of sp³-hybridized carbons (Fsp3) is 0.412. The molecule has 1 aromatic carbocycles. The van der Waals surface area contributed by atoms with Crippen LogP contribution in [0.5, 0.6) is 5.88 Å². The fourth-order valence-corrected chi connectivity index (χ4v) is 4.66. The predicted octanol–water partition coefficient (Wildman–Crippen LogP) is 1.97. The Balaban J connectivity index is 1.83. The summed E-state index contributed by atoms with van der Waals surface area (Å²) in [6.07, 6.45) is 3.04. The lowest BCUT2D eigenvalue weighted by atomic mass is 10.0. The fourth-order valence-electron chi connectivity index (χ4n) is 3.50. The number of halogens is 1. The molecule has 1 aliphatic rings. The van der Waals surface area contributed by atoms with Gasteiger partial charge in [-0.05, 0) is 12.1 Å². The van der Waals surface area contributed by atoms with E-state index < -0.39 is 0 Å². The Morgan fingerprint density at radius 3 is 2.83 bits per heavy atom. The van der Waals surface area contributed by atoms with Crippen LogP contribution in [-0.4, -0.2) is 32.8 Å². The summed E-state index contributed by atoms with van der Waals surface area (Å²) in [5, 5.41) is 15.1. The zero-order chi connectivity index (χ0) is 16.7. The highest BCUT2D eigenvalue weighted by Crippen LogP contribution is 2.35. The highest BCUT2D eigenvalue weighted by Gasteiger charge is 2.34. The Kier molecular flexibility index (Phi) is 3.97. The van der Waals surface area contributed by atoms with Crippen LogP contribution < -0.4 is 4.90 Å². The standard InChI is InChI=1S/C17H19FN4OS/c1-2-13-19-17-22(20-13)16(23)15(24-17)14(21-8-3-4-9-21)11-6-5-7-12(18)10-11/h5-7,10,14,23H,2-4,8-9H2,1H3/p+1/t14-/m1/s1. The molecule has 5 nitrogen and oxygen atoms in total. The third-order valence-corrected chi connectivity index (χ3v) is 5.74. The Hall–Kier alpha value is -1.99. The maximum absolute atomic E-state index is 13.8. The minimum absolute atomic E-state index is 0.0817. The van der Waals surface area contributed by atoms with Crippen LogP contribution in [0.25, 0.3) is 4.96 Å². The maximum Gasteiger partial charge on any atom is 0.235 e. The third kappa shape index (κ3) is 2.57. The Labute approximate surface area is 143 Å². The van der Waals surface area contributed by atoms with E-state index in [1.165, 1.54) is 26.8 Å². The average Bonchev–Trinajstić information content (AvgIpc) is 3.28. The van der Waals surface area contributed by atoms with Gasteiger partial charge in [0, 0.05) is 24.8 Å². The topological polar surface area (TPSA) is 54.9 Å². The summed E-state index contributed by atoms with van der Waals surface area (Å²) in [4.78, 5) is 7.33. The van der Waals surface area contributed by atoms with Gasteiger partial charge in [0.15, 0.2) is 11.9 Å². The van der Waals surface area contributed by atoms with Crippen molar-refractivity contribution in [2.75, 3.05) is 13.1 Å². The van der Waals surface area contributed by atoms with E-state index in [2.05, 4.69) is 10.1 Å². The highest BCUT2D eigenvalue weighted by atomic mass is 32.1. The van der Waals surface area contributed by atoms with Gasteiger partial charge in [0.05, 0.1) is 13.1 Å². The molecule has 24 heavy (non-hydrogen) atoms. The summed E-state index contributed by atoms with van der Waals surface area (Å²) < 4.78 is 15.3. The Morgan fingerprint density at radius 2 is 2.17 bits per heavy atom. The second kappa shape index (κ2) is 6.14. The van der Waals surface area contributed by atoms with E-state index in [1.54, 1.807) is 12.1 Å². The molecule has 4 rings (SSSR count). The average molecular weight is 347 g/mol. The van der Waals surface area contributed by atoms with Gasteiger partial charge in [0.2, 0.25) is 10.8 Å². The van der Waals surface area contributed by atoms with Crippen molar-refractivity contribution in [2.24, 2.45) is 0 Å². The van der Waals surface area contributed by atoms with Gasteiger partial charge in [-0.2, -0.15) is 4.52 Å². The molecule has 3 heterocycles. The number of hydrogen-bond donors (Lipinski definition) is 2. The van der Waals surface area contributed by atoms with E-state index in [0.29, 0.717) is 4.96 Å². The molecule has 0 amide bonds. The summed E-state index contributed by atoms with van der Waals surface area (Å²) in [5.74, 6) is 0.609. The molecule has 126 valence electrons. The number of aryl methyl sites for hydroxylation is 1. The van der Waals surface area contributed by atoms with Crippen LogP contribution in [0.15, 0.2) is 24.3 Å². The van der Waals surface area contributed by atoms with Crippen molar-refractivity contribution in [1.82, 2.24) is 14.6 Å². The van der Waals surface area contributed by atoms with Crippen molar-refractivity contribution in [3.05, 3.63) is 46.3 Å². The van der Waals surface area contributed by atoms with Crippen molar-refractivity contribution in [2.45, 2.75) is 32.2 Å². The molecule has 0 bridgehead atoms. The number of nitrogens with one attached hydrogen (secondary N) is 1. The van der Waals surface area contributed by atoms with Gasteiger partial charge in [0.25, 0.3) is 0 Å². The summed E-state index contributed by atoms with van der Waals surface area (Å²) >= 11 is 1.45. The van der Waals surface area contributed by atoms with Crippen LogP contribution in [0.1, 0.15) is 42.1 Å². The number of thiazole rings is 1. The molecule has 3 aromatic rings. The van der Waals surface area contributed by atoms with E-state index >= 15 is 0 Å². The minimum Gasteiger partial charge on any atom is -0.492 e. The lowest BCUT2D eigenvalue weighted by molar-refractivity contribution is -0.913. The highest BCUT2D eigenvalue weighted by molar-refractivity contribution is 7.17. The molecule has 1 saturated heterocycles. The van der Waals surface area contributed by atoms with Crippen molar-refractivity contribution < 1.29 is 14.4 Å². The van der Waals surface area contributed by atoms with Crippen molar-refractivity contribution in [3.8, 4) is 5.88 Å². The zero-order valence-corrected chi connectivity index (χ0v) is 14.3. The number of fused-ring (bicyclic) bond motifs is 1. The molecule has 2 N–H and O–H groups in total. The van der Waals surface area contributed by atoms with E-state index in [9.17, 15) is 9.50 Å². The minimum atomic E-state index is -0.247. The van der Waals surface area contributed by atoms with Crippen LogP contribution in [0.2, 0.25) is 0 Å². The second-order valence-electron chi connectivity index (χ2n) is 6.22. The molecular formula is C17H20FN4OS+. The van der Waals surface area contributed by atoms with Gasteiger partial charge in [-0.3, -0.25) is 0 Å². The molecule has 1 aliphatic heterocycles. The Morgan fingerprint density at radius 1 is 1.38 bits per heavy atom. The van der Waals surface area contributed by atoms with E-state index in [0.717, 1.165) is 48.6 Å². The van der Waals surface area contributed by atoms with E-state index in [4.69, 9.17) is 0 Å². The predicted molar refractivity (Wildman–Crippen MR) is 90.1 cm³/mol. The van der Waals surface area contributed by atoms with Gasteiger partial charge in [0.1, 0.15) is 10.7 Å². The molecule has 0 unspecified atom stereocenters. The monoisotopic (exact) mass is 347 g/mol. The molecule has 7 heteroatoms. The first kappa shape index (κ1) is 15.5. The van der Waals surface area contributed by atoms with Gasteiger partial charge < -0.3 is 10.0 Å². The van der Waals surface area contributed by atoms with Crippen molar-refractivity contribution in [1.29, 1.82) is 0 Å². The molecule has 1 fully saturated rings. The number of benzene rings is 1. The first-order chi connectivity index (χ1) is 11.7. The van der Waals surface area contributed by atoms with E-state index in [-0.39, 0.29) is 17.7 Å². The first-order valence-electron chi connectivity index (χ1n) is 8.34. The molecule has 0 spiro atoms. The van der Waals surface area contributed by atoms with Gasteiger partial charge in [-0.25, -0.2) is 9.37 Å². The van der Waals surface area contributed by atoms with E-state index in [1.807, 2.05) is 13.0 Å². The molecule has 1 atom stereocenters. The zero-order valence-electron chi connectivity index (χ0n) is 13.5. The van der Waals surface area contributed by atoms with Gasteiger partial charge in [-0.1, -0.05) is 30.4 Å². The lowest BCUT2D eigenvalue weighted by Gasteiger charge is -2.24. The summed E-state index contributed by atoms with van der Waals surface area (Å²) in [6.45, 7) is 4.03. The van der Waals surface area contributed by atoms with Gasteiger partial charge in [-0.15, -0.1) is 5.10 Å². The lowest BCUT2D eigenvalue weighted by Crippen LogP contribution is -3.10. The molecular weight excluding hydrogens is 327 g/mol. The molecule has 0 aliphatic carbocycles. The third-order valence-electron chi connectivity index (χ3n) is 4.66. The molecule has 2 aromatic heterocycles. The SMILES string of the molecule is CCc1nc2sc([C@@H](c3cccc(F)c3)[NH+]3CCCC3)c(O)n2n1. The number of likely N-dealkylation sites (tertiary alicyclic amines) is 1. The number of nitrogens with zero attached hydrogens (tertiary/aromatic N) is 3. The van der Waals surface area contributed by atoms with Crippen LogP contribution in [0.3, 0.4) is 0 Å². The largest absolute Gasteiger partial charge is 0.492 e. The molecule has 0 saturated carbocycles. The van der Waals surface area contributed by atoms with Crippen LogP contribution in [0.4, 0.5) is 4.39 Å². The first-order valence-corrected chi connectivity index (χ1v) is 9.16. The van der Waals surface area contributed by atoms with Crippen molar-refractivity contribution >= 4 is 16.3 Å². The quantitative estimate of drug-likeness (QED) is 0.759. The number of aromatic hydroxyl groups is 1. The number of aromatic nitrogens is 3. The smallest absolute Gasteiger partial charge is 0.235 e. The molecule has 0 radical (unpaired) electrons. The maximum atomic E-state index is 13.8. The Bertz CT molecular complexity index is 869. The van der Waals surface area contributed by atoms with Gasteiger partial charge >= 0.3 is 0 Å². The second-order valence-corrected chi connectivity index (χ2v) is 7.23. The van der Waals surface area contributed by atoms with Crippen LogP contribution in [-0.2, 0) is 6.42 Å². The number of quaternary nitrogens is 1. The normalized spacial score (nSPS) is 16.9. The van der Waals surface area contributed by atoms with Crippen molar-refractivity contribution in [3.63, 3.8) is 0 Å². The van der Waals surface area contributed by atoms with Crippen LogP contribution >= 0.6 is 11.3 Å². The number of hydrogen-bond acceptors (Lipinski definition) is 4.